The highest BCUT2D eigenvalue weighted by molar-refractivity contribution is 7.89. The Kier molecular flexibility index (Phi) is 4.37. The van der Waals surface area contributed by atoms with Gasteiger partial charge < -0.3 is 5.73 Å². The SMILES string of the molecule is Cc1ccc(S(=O)(=O)NCC(C)(C)C(=N)N)c(C)c1. The molecule has 1 rings (SSSR count). The van der Waals surface area contributed by atoms with Crippen molar-refractivity contribution in [3.63, 3.8) is 0 Å². The molecule has 6 heteroatoms. The normalized spacial score (nSPS) is 12.4. The van der Waals surface area contributed by atoms with Crippen molar-refractivity contribution in [3.8, 4) is 0 Å². The van der Waals surface area contributed by atoms with Crippen LogP contribution in [-0.2, 0) is 10.0 Å². The molecular formula is C13H21N3O2S. The topological polar surface area (TPSA) is 96.0 Å². The molecule has 0 unspecified atom stereocenters. The number of hydrogen-bond acceptors (Lipinski definition) is 3. The maximum atomic E-state index is 12.2. The number of rotatable bonds is 5. The van der Waals surface area contributed by atoms with Gasteiger partial charge in [0.2, 0.25) is 10.0 Å². The van der Waals surface area contributed by atoms with Gasteiger partial charge in [-0.25, -0.2) is 13.1 Å². The van der Waals surface area contributed by atoms with Gasteiger partial charge in [0.05, 0.1) is 10.7 Å². The van der Waals surface area contributed by atoms with E-state index in [-0.39, 0.29) is 17.3 Å². The third-order valence-corrected chi connectivity index (χ3v) is 4.61. The second-order valence-electron chi connectivity index (χ2n) is 5.39. The molecule has 0 aliphatic carbocycles. The fourth-order valence-corrected chi connectivity index (χ4v) is 2.99. The van der Waals surface area contributed by atoms with Crippen molar-refractivity contribution in [1.29, 1.82) is 5.41 Å². The van der Waals surface area contributed by atoms with E-state index in [2.05, 4.69) is 4.72 Å². The molecule has 0 aliphatic heterocycles. The molecule has 0 radical (unpaired) electrons. The number of amidine groups is 1. The second kappa shape index (κ2) is 5.30. The summed E-state index contributed by atoms with van der Waals surface area (Å²) in [5.74, 6) is -0.0455. The molecule has 0 aromatic heterocycles. The minimum absolute atomic E-state index is 0.0455. The number of aryl methyl sites for hydroxylation is 2. The first kappa shape index (κ1) is 15.7. The third kappa shape index (κ3) is 3.78. The third-order valence-electron chi connectivity index (χ3n) is 3.05. The first-order valence-electron chi connectivity index (χ1n) is 5.98. The Bertz CT molecular complexity index is 592. The predicted molar refractivity (Wildman–Crippen MR) is 76.8 cm³/mol. The zero-order chi connectivity index (χ0) is 14.8. The van der Waals surface area contributed by atoms with Gasteiger partial charge in [0, 0.05) is 12.0 Å². The molecule has 1 aromatic rings. The summed E-state index contributed by atoms with van der Waals surface area (Å²) in [4.78, 5) is 0.262. The van der Waals surface area contributed by atoms with E-state index in [1.165, 1.54) is 0 Å². The first-order valence-corrected chi connectivity index (χ1v) is 7.46. The summed E-state index contributed by atoms with van der Waals surface area (Å²) in [6.07, 6.45) is 0. The number of sulfonamides is 1. The van der Waals surface area contributed by atoms with Gasteiger partial charge in [-0.2, -0.15) is 0 Å². The first-order chi connectivity index (χ1) is 8.56. The van der Waals surface area contributed by atoms with Crippen LogP contribution in [0.5, 0.6) is 0 Å². The Hall–Kier alpha value is -1.40. The summed E-state index contributed by atoms with van der Waals surface area (Å²) >= 11 is 0. The van der Waals surface area contributed by atoms with Crippen molar-refractivity contribution < 1.29 is 8.42 Å². The van der Waals surface area contributed by atoms with Gasteiger partial charge in [0.1, 0.15) is 0 Å². The van der Waals surface area contributed by atoms with E-state index >= 15 is 0 Å². The summed E-state index contributed by atoms with van der Waals surface area (Å²) in [5, 5.41) is 7.42. The lowest BCUT2D eigenvalue weighted by Gasteiger charge is -2.23. The van der Waals surface area contributed by atoms with Crippen LogP contribution in [0.1, 0.15) is 25.0 Å². The van der Waals surface area contributed by atoms with E-state index < -0.39 is 15.4 Å². The van der Waals surface area contributed by atoms with Crippen LogP contribution < -0.4 is 10.5 Å². The lowest BCUT2D eigenvalue weighted by molar-refractivity contribution is 0.493. The minimum atomic E-state index is -3.58. The largest absolute Gasteiger partial charge is 0.387 e. The van der Waals surface area contributed by atoms with Gasteiger partial charge in [-0.3, -0.25) is 5.41 Å². The molecule has 5 nitrogen and oxygen atoms in total. The highest BCUT2D eigenvalue weighted by atomic mass is 32.2. The average molecular weight is 283 g/mol. The molecule has 0 atom stereocenters. The Morgan fingerprint density at radius 1 is 1.37 bits per heavy atom. The average Bonchev–Trinajstić information content (AvgIpc) is 2.26. The van der Waals surface area contributed by atoms with Gasteiger partial charge in [0.25, 0.3) is 0 Å². The van der Waals surface area contributed by atoms with Crippen LogP contribution in [0.2, 0.25) is 0 Å². The lowest BCUT2D eigenvalue weighted by atomic mass is 9.93. The molecule has 0 saturated heterocycles. The fourth-order valence-electron chi connectivity index (χ4n) is 1.55. The highest BCUT2D eigenvalue weighted by Crippen LogP contribution is 2.18. The van der Waals surface area contributed by atoms with Crippen LogP contribution in [0, 0.1) is 24.7 Å². The van der Waals surface area contributed by atoms with Gasteiger partial charge in [-0.15, -0.1) is 0 Å². The Morgan fingerprint density at radius 2 is 1.95 bits per heavy atom. The van der Waals surface area contributed by atoms with E-state index in [4.69, 9.17) is 11.1 Å². The predicted octanol–water partition coefficient (Wildman–Crippen LogP) is 1.54. The molecule has 19 heavy (non-hydrogen) atoms. The van der Waals surface area contributed by atoms with Crippen molar-refractivity contribution in [2.24, 2.45) is 11.1 Å². The van der Waals surface area contributed by atoms with Crippen molar-refractivity contribution >= 4 is 15.9 Å². The number of hydrogen-bond donors (Lipinski definition) is 3. The van der Waals surface area contributed by atoms with Crippen molar-refractivity contribution in [2.45, 2.75) is 32.6 Å². The van der Waals surface area contributed by atoms with Gasteiger partial charge >= 0.3 is 0 Å². The molecule has 0 amide bonds. The van der Waals surface area contributed by atoms with Crippen LogP contribution in [0.15, 0.2) is 23.1 Å². The van der Waals surface area contributed by atoms with Gasteiger partial charge in [-0.1, -0.05) is 31.5 Å². The maximum Gasteiger partial charge on any atom is 0.240 e. The maximum absolute atomic E-state index is 12.2. The highest BCUT2D eigenvalue weighted by Gasteiger charge is 2.25. The number of nitrogens with two attached hydrogens (primary N) is 1. The molecule has 0 bridgehead atoms. The molecular weight excluding hydrogens is 262 g/mol. The number of benzene rings is 1. The van der Waals surface area contributed by atoms with E-state index in [1.807, 2.05) is 13.0 Å². The monoisotopic (exact) mass is 283 g/mol. The van der Waals surface area contributed by atoms with Crippen LogP contribution in [0.25, 0.3) is 0 Å². The van der Waals surface area contributed by atoms with Crippen LogP contribution >= 0.6 is 0 Å². The number of nitrogens with one attached hydrogen (secondary N) is 2. The Labute approximate surface area is 114 Å². The fraction of sp³-hybridized carbons (Fsp3) is 0.462. The summed E-state index contributed by atoms with van der Waals surface area (Å²) < 4.78 is 26.9. The van der Waals surface area contributed by atoms with E-state index in [1.54, 1.807) is 32.9 Å². The van der Waals surface area contributed by atoms with E-state index in [9.17, 15) is 8.42 Å². The van der Waals surface area contributed by atoms with Crippen LogP contribution in [0.4, 0.5) is 0 Å². The van der Waals surface area contributed by atoms with E-state index in [0.717, 1.165) is 5.56 Å². The molecule has 0 fully saturated rings. The molecule has 0 aliphatic rings. The molecule has 106 valence electrons. The van der Waals surface area contributed by atoms with Crippen molar-refractivity contribution in [3.05, 3.63) is 29.3 Å². The Morgan fingerprint density at radius 3 is 2.42 bits per heavy atom. The molecule has 0 saturated carbocycles. The quantitative estimate of drug-likeness (QED) is 0.565. The zero-order valence-corrected chi connectivity index (χ0v) is 12.6. The van der Waals surface area contributed by atoms with Gasteiger partial charge in [-0.05, 0) is 25.5 Å². The summed E-state index contributed by atoms with van der Waals surface area (Å²) in [5.41, 5.74) is 6.45. The molecule has 0 spiro atoms. The molecule has 0 heterocycles. The van der Waals surface area contributed by atoms with Gasteiger partial charge in [0.15, 0.2) is 0 Å². The minimum Gasteiger partial charge on any atom is -0.387 e. The summed E-state index contributed by atoms with van der Waals surface area (Å²) in [7, 11) is -3.58. The smallest absolute Gasteiger partial charge is 0.240 e. The summed E-state index contributed by atoms with van der Waals surface area (Å²) in [6, 6.07) is 5.18. The zero-order valence-electron chi connectivity index (χ0n) is 11.7. The summed E-state index contributed by atoms with van der Waals surface area (Å²) in [6.45, 7) is 7.21. The molecule has 1 aromatic carbocycles. The Balaban J connectivity index is 2.97. The standard InChI is InChI=1S/C13H21N3O2S/c1-9-5-6-11(10(2)7-9)19(17,18)16-8-13(3,4)12(14)15/h5-7,16H,8H2,1-4H3,(H3,14,15). The molecule has 4 N–H and O–H groups in total. The van der Waals surface area contributed by atoms with E-state index in [0.29, 0.717) is 5.56 Å². The van der Waals surface area contributed by atoms with Crippen LogP contribution in [0.3, 0.4) is 0 Å². The second-order valence-corrected chi connectivity index (χ2v) is 7.13. The van der Waals surface area contributed by atoms with Crippen molar-refractivity contribution in [2.75, 3.05) is 6.54 Å². The van der Waals surface area contributed by atoms with Crippen LogP contribution in [-0.4, -0.2) is 20.8 Å². The van der Waals surface area contributed by atoms with Crippen molar-refractivity contribution in [1.82, 2.24) is 4.72 Å². The lowest BCUT2D eigenvalue weighted by Crippen LogP contribution is -2.42.